The van der Waals surface area contributed by atoms with Gasteiger partial charge in [0.15, 0.2) is 0 Å². The lowest BCUT2D eigenvalue weighted by molar-refractivity contribution is 0.0601. The number of aromatic nitrogens is 2. The molecule has 0 unspecified atom stereocenters. The van der Waals surface area contributed by atoms with Crippen molar-refractivity contribution in [1.29, 1.82) is 0 Å². The predicted octanol–water partition coefficient (Wildman–Crippen LogP) is 2.94. The Kier molecular flexibility index (Phi) is 5.73. The standard InChI is InChI=1S/C20H18N4O3/c1-27-20(26)16-4-2-3-5-17(16)24-18-12-15(8-11-22-18)19(25)23-13-14-6-9-21-10-7-14/h2-12H,13H2,1H3,(H,22,24)(H,23,25). The highest BCUT2D eigenvalue weighted by molar-refractivity contribution is 5.97. The maximum absolute atomic E-state index is 12.4. The fourth-order valence-corrected chi connectivity index (χ4v) is 2.44. The van der Waals surface area contributed by atoms with E-state index in [-0.39, 0.29) is 5.91 Å². The van der Waals surface area contributed by atoms with Crippen LogP contribution in [0, 0.1) is 0 Å². The molecule has 27 heavy (non-hydrogen) atoms. The maximum atomic E-state index is 12.4. The molecule has 0 aliphatic carbocycles. The topological polar surface area (TPSA) is 93.2 Å². The number of anilines is 2. The number of hydrogen-bond donors (Lipinski definition) is 2. The summed E-state index contributed by atoms with van der Waals surface area (Å²) in [4.78, 5) is 32.4. The van der Waals surface area contributed by atoms with Crippen LogP contribution in [0.1, 0.15) is 26.3 Å². The minimum absolute atomic E-state index is 0.224. The van der Waals surface area contributed by atoms with E-state index < -0.39 is 5.97 Å². The minimum atomic E-state index is -0.454. The van der Waals surface area contributed by atoms with Crippen LogP contribution in [0.15, 0.2) is 67.1 Å². The summed E-state index contributed by atoms with van der Waals surface area (Å²) in [7, 11) is 1.32. The number of pyridine rings is 2. The summed E-state index contributed by atoms with van der Waals surface area (Å²) in [5.41, 5.74) is 2.34. The first kappa shape index (κ1) is 18.1. The van der Waals surface area contributed by atoms with Gasteiger partial charge >= 0.3 is 5.97 Å². The van der Waals surface area contributed by atoms with Crippen molar-refractivity contribution in [2.75, 3.05) is 12.4 Å². The van der Waals surface area contributed by atoms with Gasteiger partial charge in [0.2, 0.25) is 0 Å². The Balaban J connectivity index is 1.72. The van der Waals surface area contributed by atoms with Gasteiger partial charge in [0, 0.05) is 30.7 Å². The molecule has 0 fully saturated rings. The molecule has 7 heteroatoms. The Morgan fingerprint density at radius 1 is 1.04 bits per heavy atom. The molecule has 0 aliphatic rings. The monoisotopic (exact) mass is 362 g/mol. The molecule has 0 bridgehead atoms. The van der Waals surface area contributed by atoms with E-state index >= 15 is 0 Å². The second kappa shape index (κ2) is 8.57. The predicted molar refractivity (Wildman–Crippen MR) is 101 cm³/mol. The second-order valence-corrected chi connectivity index (χ2v) is 5.63. The van der Waals surface area contributed by atoms with Crippen molar-refractivity contribution < 1.29 is 14.3 Å². The molecule has 0 spiro atoms. The summed E-state index contributed by atoms with van der Waals surface area (Å²) in [6, 6.07) is 13.8. The first-order chi connectivity index (χ1) is 13.2. The van der Waals surface area contributed by atoms with E-state index in [4.69, 9.17) is 4.74 Å². The smallest absolute Gasteiger partial charge is 0.339 e. The number of para-hydroxylation sites is 1. The van der Waals surface area contributed by atoms with Gasteiger partial charge in [-0.2, -0.15) is 0 Å². The van der Waals surface area contributed by atoms with Crippen LogP contribution in [-0.2, 0) is 11.3 Å². The zero-order valence-electron chi connectivity index (χ0n) is 14.7. The molecule has 3 aromatic rings. The molecule has 0 aliphatic heterocycles. The molecule has 0 saturated heterocycles. The lowest BCUT2D eigenvalue weighted by atomic mass is 10.1. The Labute approximate surface area is 156 Å². The van der Waals surface area contributed by atoms with Crippen LogP contribution in [0.3, 0.4) is 0 Å². The van der Waals surface area contributed by atoms with Crippen LogP contribution in [0.4, 0.5) is 11.5 Å². The van der Waals surface area contributed by atoms with Crippen molar-refractivity contribution in [3.63, 3.8) is 0 Å². The van der Waals surface area contributed by atoms with Crippen LogP contribution in [0.5, 0.6) is 0 Å². The number of methoxy groups -OCH3 is 1. The van der Waals surface area contributed by atoms with E-state index in [0.717, 1.165) is 5.56 Å². The average Bonchev–Trinajstić information content (AvgIpc) is 2.73. The SMILES string of the molecule is COC(=O)c1ccccc1Nc1cc(C(=O)NCc2ccncc2)ccn1. The molecular weight excluding hydrogens is 344 g/mol. The summed E-state index contributed by atoms with van der Waals surface area (Å²) in [6.45, 7) is 0.400. The van der Waals surface area contributed by atoms with Gasteiger partial charge in [0.05, 0.1) is 18.4 Å². The average molecular weight is 362 g/mol. The summed E-state index contributed by atoms with van der Waals surface area (Å²) in [6.07, 6.45) is 4.88. The Morgan fingerprint density at radius 3 is 2.59 bits per heavy atom. The number of hydrogen-bond acceptors (Lipinski definition) is 6. The summed E-state index contributed by atoms with van der Waals surface area (Å²) >= 11 is 0. The van der Waals surface area contributed by atoms with Gasteiger partial charge < -0.3 is 15.4 Å². The van der Waals surface area contributed by atoms with Crippen LogP contribution in [-0.4, -0.2) is 29.0 Å². The Bertz CT molecular complexity index is 945. The maximum Gasteiger partial charge on any atom is 0.339 e. The highest BCUT2D eigenvalue weighted by Gasteiger charge is 2.12. The van der Waals surface area contributed by atoms with Gasteiger partial charge in [-0.3, -0.25) is 9.78 Å². The first-order valence-corrected chi connectivity index (χ1v) is 8.25. The number of amides is 1. The molecule has 136 valence electrons. The highest BCUT2D eigenvalue weighted by atomic mass is 16.5. The number of carbonyl (C=O) groups is 2. The number of esters is 1. The molecule has 2 N–H and O–H groups in total. The van der Waals surface area contributed by atoms with Gasteiger partial charge in [0.1, 0.15) is 5.82 Å². The third-order valence-corrected chi connectivity index (χ3v) is 3.82. The molecule has 1 aromatic carbocycles. The number of nitrogens with zero attached hydrogens (tertiary/aromatic N) is 2. The van der Waals surface area contributed by atoms with Gasteiger partial charge in [-0.15, -0.1) is 0 Å². The molecule has 0 radical (unpaired) electrons. The van der Waals surface area contributed by atoms with E-state index in [1.54, 1.807) is 48.8 Å². The number of ether oxygens (including phenoxy) is 1. The Morgan fingerprint density at radius 2 is 1.81 bits per heavy atom. The lowest BCUT2D eigenvalue weighted by Crippen LogP contribution is -2.22. The van der Waals surface area contributed by atoms with E-state index in [1.165, 1.54) is 13.3 Å². The molecule has 2 heterocycles. The van der Waals surface area contributed by atoms with Crippen molar-refractivity contribution in [2.24, 2.45) is 0 Å². The fraction of sp³-hybridized carbons (Fsp3) is 0.100. The van der Waals surface area contributed by atoms with E-state index in [0.29, 0.717) is 29.2 Å². The van der Waals surface area contributed by atoms with Crippen molar-refractivity contribution >= 4 is 23.4 Å². The molecule has 1 amide bonds. The van der Waals surface area contributed by atoms with Crippen molar-refractivity contribution in [3.05, 3.63) is 83.8 Å². The highest BCUT2D eigenvalue weighted by Crippen LogP contribution is 2.21. The van der Waals surface area contributed by atoms with E-state index in [9.17, 15) is 9.59 Å². The van der Waals surface area contributed by atoms with Crippen LogP contribution in [0.25, 0.3) is 0 Å². The van der Waals surface area contributed by atoms with Gasteiger partial charge in [-0.1, -0.05) is 12.1 Å². The lowest BCUT2D eigenvalue weighted by Gasteiger charge is -2.11. The quantitative estimate of drug-likeness (QED) is 0.655. The van der Waals surface area contributed by atoms with Crippen molar-refractivity contribution in [1.82, 2.24) is 15.3 Å². The first-order valence-electron chi connectivity index (χ1n) is 8.25. The van der Waals surface area contributed by atoms with Crippen molar-refractivity contribution in [3.8, 4) is 0 Å². The number of benzene rings is 1. The minimum Gasteiger partial charge on any atom is -0.465 e. The second-order valence-electron chi connectivity index (χ2n) is 5.63. The summed E-state index contributed by atoms with van der Waals surface area (Å²) in [5, 5.41) is 5.91. The van der Waals surface area contributed by atoms with Gasteiger partial charge in [-0.25, -0.2) is 9.78 Å². The molecule has 2 aromatic heterocycles. The number of rotatable bonds is 6. The molecule has 0 atom stereocenters. The zero-order chi connectivity index (χ0) is 19.1. The molecule has 0 saturated carbocycles. The third kappa shape index (κ3) is 4.66. The molecular formula is C20H18N4O3. The summed E-state index contributed by atoms with van der Waals surface area (Å²) in [5.74, 6) is -0.231. The molecule has 7 nitrogen and oxygen atoms in total. The van der Waals surface area contributed by atoms with Crippen LogP contribution in [0.2, 0.25) is 0 Å². The molecule has 3 rings (SSSR count). The van der Waals surface area contributed by atoms with Gasteiger partial charge in [-0.05, 0) is 42.0 Å². The summed E-state index contributed by atoms with van der Waals surface area (Å²) < 4.78 is 4.78. The Hall–Kier alpha value is -3.74. The van der Waals surface area contributed by atoms with E-state index in [2.05, 4.69) is 20.6 Å². The zero-order valence-corrected chi connectivity index (χ0v) is 14.7. The third-order valence-electron chi connectivity index (χ3n) is 3.82. The fourth-order valence-electron chi connectivity index (χ4n) is 2.44. The largest absolute Gasteiger partial charge is 0.465 e. The van der Waals surface area contributed by atoms with Crippen LogP contribution < -0.4 is 10.6 Å². The number of nitrogens with one attached hydrogen (secondary N) is 2. The van der Waals surface area contributed by atoms with Crippen molar-refractivity contribution in [2.45, 2.75) is 6.54 Å². The van der Waals surface area contributed by atoms with E-state index in [1.807, 2.05) is 12.1 Å². The normalized spacial score (nSPS) is 10.1. The number of carbonyl (C=O) groups excluding carboxylic acids is 2. The van der Waals surface area contributed by atoms with Gasteiger partial charge in [0.25, 0.3) is 5.91 Å². The van der Waals surface area contributed by atoms with Crippen LogP contribution >= 0.6 is 0 Å².